The summed E-state index contributed by atoms with van der Waals surface area (Å²) < 4.78 is 31.3. The Morgan fingerprint density at radius 2 is 2.03 bits per heavy atom. The SMILES string of the molecule is COc1ccc2cc1OCC(=O)N[C@@H]1CN(C(C)=O)CC[C@@H]1Oc1cc(F)cc(c1)CNC2=O. The van der Waals surface area contributed by atoms with Gasteiger partial charge in [-0.2, -0.15) is 0 Å². The highest BCUT2D eigenvalue weighted by Gasteiger charge is 2.33. The number of nitrogens with zero attached hydrogens (tertiary/aromatic N) is 1. The lowest BCUT2D eigenvalue weighted by molar-refractivity contribution is -0.133. The summed E-state index contributed by atoms with van der Waals surface area (Å²) in [5.41, 5.74) is 0.808. The number of carbonyl (C=O) groups is 3. The van der Waals surface area contributed by atoms with Crippen molar-refractivity contribution >= 4 is 17.7 Å². The van der Waals surface area contributed by atoms with Crippen molar-refractivity contribution in [3.8, 4) is 17.2 Å². The standard InChI is InChI=1S/C24H26FN3O6/c1-14(29)28-6-5-20-19(12-28)27-23(30)13-33-22-9-16(3-4-21(22)32-2)24(31)26-11-15-7-17(25)10-18(8-15)34-20/h3-4,7-10,19-20H,5-6,11-13H2,1-2H3,(H,26,31)(H,27,30)/t19-,20+/m1/s1. The number of amides is 3. The first kappa shape index (κ1) is 23.3. The van der Waals surface area contributed by atoms with Gasteiger partial charge < -0.3 is 29.7 Å². The van der Waals surface area contributed by atoms with Gasteiger partial charge in [-0.3, -0.25) is 14.4 Å². The lowest BCUT2D eigenvalue weighted by Crippen LogP contribution is -2.58. The summed E-state index contributed by atoms with van der Waals surface area (Å²) in [7, 11) is 1.45. The van der Waals surface area contributed by atoms with Crippen LogP contribution < -0.4 is 24.8 Å². The Hall–Kier alpha value is -3.82. The Bertz CT molecular complexity index is 1110. The van der Waals surface area contributed by atoms with Crippen LogP contribution in [0.25, 0.3) is 0 Å². The van der Waals surface area contributed by atoms with E-state index in [1.165, 1.54) is 32.2 Å². The molecule has 9 nitrogen and oxygen atoms in total. The molecule has 2 aliphatic rings. The highest BCUT2D eigenvalue weighted by atomic mass is 19.1. The molecule has 0 spiro atoms. The number of hydrogen-bond donors (Lipinski definition) is 2. The van der Waals surface area contributed by atoms with E-state index in [0.717, 1.165) is 0 Å². The van der Waals surface area contributed by atoms with Gasteiger partial charge in [-0.25, -0.2) is 4.39 Å². The van der Waals surface area contributed by atoms with Gasteiger partial charge >= 0.3 is 0 Å². The Balaban J connectivity index is 1.67. The number of likely N-dealkylation sites (tertiary alicyclic amines) is 1. The van der Waals surface area contributed by atoms with Crippen molar-refractivity contribution in [2.45, 2.75) is 32.0 Å². The van der Waals surface area contributed by atoms with Gasteiger partial charge in [-0.05, 0) is 35.9 Å². The summed E-state index contributed by atoms with van der Waals surface area (Å²) in [6.07, 6.45) is -0.0429. The van der Waals surface area contributed by atoms with Gasteiger partial charge in [-0.15, -0.1) is 0 Å². The van der Waals surface area contributed by atoms with Crippen molar-refractivity contribution in [2.24, 2.45) is 0 Å². The molecule has 2 heterocycles. The van der Waals surface area contributed by atoms with Crippen LogP contribution in [0.4, 0.5) is 4.39 Å². The van der Waals surface area contributed by atoms with E-state index in [1.807, 2.05) is 0 Å². The van der Waals surface area contributed by atoms with E-state index in [2.05, 4.69) is 10.6 Å². The van der Waals surface area contributed by atoms with Crippen LogP contribution in [0.15, 0.2) is 36.4 Å². The van der Waals surface area contributed by atoms with E-state index >= 15 is 0 Å². The van der Waals surface area contributed by atoms with Crippen molar-refractivity contribution in [3.63, 3.8) is 0 Å². The number of fused-ring (bicyclic) bond motifs is 5. The Kier molecular flexibility index (Phi) is 6.85. The Morgan fingerprint density at radius 3 is 2.79 bits per heavy atom. The molecule has 2 aliphatic heterocycles. The molecule has 1 saturated heterocycles. The number of piperidine rings is 1. The number of nitrogens with one attached hydrogen (secondary N) is 2. The first-order chi connectivity index (χ1) is 16.3. The van der Waals surface area contributed by atoms with E-state index < -0.39 is 29.8 Å². The second-order valence-electron chi connectivity index (χ2n) is 8.22. The van der Waals surface area contributed by atoms with Crippen molar-refractivity contribution in [1.82, 2.24) is 15.5 Å². The lowest BCUT2D eigenvalue weighted by Gasteiger charge is -2.38. The second-order valence-corrected chi connectivity index (χ2v) is 8.22. The number of rotatable bonds is 1. The molecule has 2 aromatic rings. The summed E-state index contributed by atoms with van der Waals surface area (Å²) in [5, 5.41) is 5.61. The third kappa shape index (κ3) is 5.38. The fourth-order valence-electron chi connectivity index (χ4n) is 4.07. The molecular weight excluding hydrogens is 445 g/mol. The molecule has 2 N–H and O–H groups in total. The van der Waals surface area contributed by atoms with Crippen molar-refractivity contribution in [1.29, 1.82) is 0 Å². The first-order valence-corrected chi connectivity index (χ1v) is 10.9. The van der Waals surface area contributed by atoms with E-state index in [4.69, 9.17) is 14.2 Å². The van der Waals surface area contributed by atoms with E-state index in [-0.39, 0.29) is 37.1 Å². The second kappa shape index (κ2) is 9.98. The first-order valence-electron chi connectivity index (χ1n) is 10.9. The topological polar surface area (TPSA) is 106 Å². The van der Waals surface area contributed by atoms with Crippen molar-refractivity contribution < 1.29 is 33.0 Å². The van der Waals surface area contributed by atoms with Gasteiger partial charge in [0.2, 0.25) is 5.91 Å². The molecule has 4 rings (SSSR count). The largest absolute Gasteiger partial charge is 0.493 e. The Morgan fingerprint density at radius 1 is 1.21 bits per heavy atom. The van der Waals surface area contributed by atoms with Crippen LogP contribution >= 0.6 is 0 Å². The van der Waals surface area contributed by atoms with Crippen LogP contribution in [0.1, 0.15) is 29.3 Å². The number of methoxy groups -OCH3 is 1. The molecule has 0 unspecified atom stereocenters. The summed E-state index contributed by atoms with van der Waals surface area (Å²) in [5.74, 6) is -0.583. The number of benzene rings is 2. The monoisotopic (exact) mass is 471 g/mol. The molecule has 180 valence electrons. The van der Waals surface area contributed by atoms with Gasteiger partial charge in [0.15, 0.2) is 18.1 Å². The van der Waals surface area contributed by atoms with Crippen LogP contribution in [0.5, 0.6) is 17.2 Å². The Labute approximate surface area is 196 Å². The molecular formula is C24H26FN3O6. The van der Waals surface area contributed by atoms with Crippen molar-refractivity contribution in [2.75, 3.05) is 26.8 Å². The van der Waals surface area contributed by atoms with Crippen molar-refractivity contribution in [3.05, 3.63) is 53.3 Å². The predicted molar refractivity (Wildman–Crippen MR) is 119 cm³/mol. The molecule has 1 fully saturated rings. The summed E-state index contributed by atoms with van der Waals surface area (Å²) >= 11 is 0. The normalized spacial score (nSPS) is 20.7. The minimum atomic E-state index is -0.527. The number of hydrogen-bond acceptors (Lipinski definition) is 6. The molecule has 4 bridgehead atoms. The van der Waals surface area contributed by atoms with Crippen LogP contribution in [-0.4, -0.2) is 61.6 Å². The molecule has 2 aromatic carbocycles. The third-order valence-corrected chi connectivity index (χ3v) is 5.80. The molecule has 0 aliphatic carbocycles. The number of halogens is 1. The van der Waals surface area contributed by atoms with Crippen LogP contribution in [0.2, 0.25) is 0 Å². The van der Waals surface area contributed by atoms with Crippen LogP contribution in [-0.2, 0) is 16.1 Å². The number of carbonyl (C=O) groups excluding carboxylic acids is 3. The zero-order valence-electron chi connectivity index (χ0n) is 18.9. The van der Waals surface area contributed by atoms with Gasteiger partial charge in [0, 0.05) is 44.6 Å². The maximum Gasteiger partial charge on any atom is 0.258 e. The highest BCUT2D eigenvalue weighted by molar-refractivity contribution is 5.94. The summed E-state index contributed by atoms with van der Waals surface area (Å²) in [6.45, 7) is 1.91. The van der Waals surface area contributed by atoms with E-state index in [1.54, 1.807) is 23.1 Å². The van der Waals surface area contributed by atoms with Gasteiger partial charge in [0.1, 0.15) is 17.7 Å². The fraction of sp³-hybridized carbons (Fsp3) is 0.375. The molecule has 0 radical (unpaired) electrons. The average molecular weight is 471 g/mol. The maximum atomic E-state index is 14.3. The third-order valence-electron chi connectivity index (χ3n) is 5.80. The maximum absolute atomic E-state index is 14.3. The molecule has 3 amide bonds. The smallest absolute Gasteiger partial charge is 0.258 e. The van der Waals surface area contributed by atoms with Gasteiger partial charge in [0.25, 0.3) is 11.8 Å². The molecule has 10 heteroatoms. The zero-order chi connectivity index (χ0) is 24.2. The van der Waals surface area contributed by atoms with Gasteiger partial charge in [-0.1, -0.05) is 0 Å². The summed E-state index contributed by atoms with van der Waals surface area (Å²) in [6, 6.07) is 8.30. The van der Waals surface area contributed by atoms with Crippen LogP contribution in [0, 0.1) is 5.82 Å². The molecule has 0 saturated carbocycles. The lowest BCUT2D eigenvalue weighted by atomic mass is 10.0. The average Bonchev–Trinajstić information content (AvgIpc) is 2.81. The summed E-state index contributed by atoms with van der Waals surface area (Å²) in [4.78, 5) is 38.9. The van der Waals surface area contributed by atoms with Crippen LogP contribution in [0.3, 0.4) is 0 Å². The quantitative estimate of drug-likeness (QED) is 0.655. The van der Waals surface area contributed by atoms with E-state index in [0.29, 0.717) is 29.8 Å². The minimum absolute atomic E-state index is 0.0815. The highest BCUT2D eigenvalue weighted by Crippen LogP contribution is 2.28. The van der Waals surface area contributed by atoms with E-state index in [9.17, 15) is 18.8 Å². The molecule has 2 atom stereocenters. The predicted octanol–water partition coefficient (Wildman–Crippen LogP) is 1.64. The zero-order valence-corrected chi connectivity index (χ0v) is 18.9. The number of ether oxygens (including phenoxy) is 3. The molecule has 0 aromatic heterocycles. The minimum Gasteiger partial charge on any atom is -0.493 e. The fourth-order valence-corrected chi connectivity index (χ4v) is 4.07. The van der Waals surface area contributed by atoms with Gasteiger partial charge in [0.05, 0.1) is 13.2 Å². The molecule has 34 heavy (non-hydrogen) atoms.